The molecule has 0 aromatic carbocycles. The number of hydrogen-bond donors (Lipinski definition) is 2. The summed E-state index contributed by atoms with van der Waals surface area (Å²) in [5.74, 6) is 1.75. The first-order valence-corrected chi connectivity index (χ1v) is 8.43. The molecule has 1 atom stereocenters. The van der Waals surface area contributed by atoms with Crippen molar-refractivity contribution in [2.24, 2.45) is 11.3 Å². The summed E-state index contributed by atoms with van der Waals surface area (Å²) < 4.78 is 5.30. The number of carbonyl (C=O) groups excluding carboxylic acids is 1. The van der Waals surface area contributed by atoms with E-state index in [-0.39, 0.29) is 17.4 Å². The smallest absolute Gasteiger partial charge is 0.273 e. The molecule has 5 heteroatoms. The molecule has 122 valence electrons. The van der Waals surface area contributed by atoms with E-state index >= 15 is 0 Å². The van der Waals surface area contributed by atoms with E-state index in [1.165, 1.54) is 0 Å². The van der Waals surface area contributed by atoms with Gasteiger partial charge in [0.25, 0.3) is 5.91 Å². The van der Waals surface area contributed by atoms with Crippen molar-refractivity contribution in [1.82, 2.24) is 15.8 Å². The highest BCUT2D eigenvalue weighted by Crippen LogP contribution is 2.40. The maximum atomic E-state index is 12.6. The van der Waals surface area contributed by atoms with Gasteiger partial charge in [0, 0.05) is 18.0 Å². The number of carbonyl (C=O) groups is 1. The van der Waals surface area contributed by atoms with Crippen LogP contribution < -0.4 is 10.6 Å². The molecule has 2 aliphatic rings. The second-order valence-corrected chi connectivity index (χ2v) is 7.79. The standard InChI is InChI=1S/C17H27N3O2/c1-17(2,3)15(12-6-8-18-9-7-12)19-16(21)13-10-14(22-20-13)11-4-5-11/h10-12,15,18H,4-9H2,1-3H3,(H,19,21). The van der Waals surface area contributed by atoms with Gasteiger partial charge in [0.05, 0.1) is 0 Å². The van der Waals surface area contributed by atoms with Gasteiger partial charge >= 0.3 is 0 Å². The van der Waals surface area contributed by atoms with Gasteiger partial charge in [-0.25, -0.2) is 0 Å². The van der Waals surface area contributed by atoms with Crippen molar-refractivity contribution in [3.05, 3.63) is 17.5 Å². The normalized spacial score (nSPS) is 21.6. The third-order valence-electron chi connectivity index (χ3n) is 4.82. The van der Waals surface area contributed by atoms with E-state index in [4.69, 9.17) is 4.52 Å². The van der Waals surface area contributed by atoms with Crippen LogP contribution in [0, 0.1) is 11.3 Å². The van der Waals surface area contributed by atoms with Crippen LogP contribution in [0.3, 0.4) is 0 Å². The summed E-state index contributed by atoms with van der Waals surface area (Å²) in [7, 11) is 0. The molecule has 1 aromatic heterocycles. The minimum absolute atomic E-state index is 0.0285. The molecule has 2 N–H and O–H groups in total. The van der Waals surface area contributed by atoms with Crippen molar-refractivity contribution in [3.63, 3.8) is 0 Å². The van der Waals surface area contributed by atoms with E-state index in [0.29, 0.717) is 17.5 Å². The van der Waals surface area contributed by atoms with Crippen LogP contribution in [0.25, 0.3) is 0 Å². The molecule has 0 bridgehead atoms. The van der Waals surface area contributed by atoms with E-state index < -0.39 is 0 Å². The van der Waals surface area contributed by atoms with Crippen LogP contribution >= 0.6 is 0 Å². The van der Waals surface area contributed by atoms with Crippen molar-refractivity contribution < 1.29 is 9.32 Å². The molecule has 5 nitrogen and oxygen atoms in total. The van der Waals surface area contributed by atoms with E-state index in [2.05, 4.69) is 36.6 Å². The third-order valence-corrected chi connectivity index (χ3v) is 4.82. The highest BCUT2D eigenvalue weighted by atomic mass is 16.5. The highest BCUT2D eigenvalue weighted by molar-refractivity contribution is 5.92. The van der Waals surface area contributed by atoms with Gasteiger partial charge in [0.1, 0.15) is 5.76 Å². The Morgan fingerprint density at radius 3 is 2.59 bits per heavy atom. The summed E-state index contributed by atoms with van der Waals surface area (Å²) in [6, 6.07) is 1.97. The molecule has 2 fully saturated rings. The Morgan fingerprint density at radius 1 is 1.32 bits per heavy atom. The molecule has 0 spiro atoms. The van der Waals surface area contributed by atoms with Crippen molar-refractivity contribution in [2.45, 2.75) is 58.4 Å². The Balaban J connectivity index is 1.69. The molecule has 1 saturated carbocycles. The first-order valence-electron chi connectivity index (χ1n) is 8.43. The Bertz CT molecular complexity index is 522. The number of nitrogens with one attached hydrogen (secondary N) is 2. The molecule has 0 radical (unpaired) electrons. The maximum Gasteiger partial charge on any atom is 0.273 e. The van der Waals surface area contributed by atoms with Crippen LogP contribution in [0.4, 0.5) is 0 Å². The fourth-order valence-corrected chi connectivity index (χ4v) is 3.39. The molecule has 2 heterocycles. The average molecular weight is 305 g/mol. The summed E-state index contributed by atoms with van der Waals surface area (Å²) in [5, 5.41) is 10.6. The Labute approximate surface area is 132 Å². The molecule has 1 aromatic rings. The number of nitrogens with zero attached hydrogens (tertiary/aromatic N) is 1. The lowest BCUT2D eigenvalue weighted by Gasteiger charge is -2.39. The monoisotopic (exact) mass is 305 g/mol. The van der Waals surface area contributed by atoms with E-state index in [0.717, 1.165) is 44.5 Å². The average Bonchev–Trinajstić information content (AvgIpc) is 3.21. The lowest BCUT2D eigenvalue weighted by Crippen LogP contribution is -2.51. The van der Waals surface area contributed by atoms with Gasteiger partial charge in [-0.1, -0.05) is 25.9 Å². The number of aromatic nitrogens is 1. The van der Waals surface area contributed by atoms with Crippen LogP contribution in [0.1, 0.15) is 68.6 Å². The quantitative estimate of drug-likeness (QED) is 0.897. The minimum Gasteiger partial charge on any atom is -0.360 e. The molecule has 1 aliphatic carbocycles. The largest absolute Gasteiger partial charge is 0.360 e. The van der Waals surface area contributed by atoms with Gasteiger partial charge in [-0.2, -0.15) is 0 Å². The van der Waals surface area contributed by atoms with Gasteiger partial charge in [0.15, 0.2) is 5.69 Å². The molecular weight excluding hydrogens is 278 g/mol. The Hall–Kier alpha value is -1.36. The predicted molar refractivity (Wildman–Crippen MR) is 84.8 cm³/mol. The summed E-state index contributed by atoms with van der Waals surface area (Å²) in [5.41, 5.74) is 0.450. The molecule has 3 rings (SSSR count). The maximum absolute atomic E-state index is 12.6. The highest BCUT2D eigenvalue weighted by Gasteiger charge is 2.35. The first-order chi connectivity index (χ1) is 10.4. The van der Waals surface area contributed by atoms with E-state index in [9.17, 15) is 4.79 Å². The SMILES string of the molecule is CC(C)(C)C(NC(=O)c1cc(C2CC2)on1)C1CCNCC1. The zero-order chi connectivity index (χ0) is 15.7. The fourth-order valence-electron chi connectivity index (χ4n) is 3.39. The summed E-state index contributed by atoms with van der Waals surface area (Å²) >= 11 is 0. The summed E-state index contributed by atoms with van der Waals surface area (Å²) in [4.78, 5) is 12.6. The summed E-state index contributed by atoms with van der Waals surface area (Å²) in [6.07, 6.45) is 4.51. The van der Waals surface area contributed by atoms with Crippen LogP contribution in [-0.4, -0.2) is 30.2 Å². The molecular formula is C17H27N3O2. The molecule has 1 unspecified atom stereocenters. The van der Waals surface area contributed by atoms with Gasteiger partial charge in [-0.05, 0) is 50.1 Å². The number of piperidine rings is 1. The van der Waals surface area contributed by atoms with Crippen LogP contribution in [0.2, 0.25) is 0 Å². The molecule has 1 aliphatic heterocycles. The lowest BCUT2D eigenvalue weighted by atomic mass is 9.75. The minimum atomic E-state index is -0.103. The second kappa shape index (κ2) is 6.03. The molecule has 1 saturated heterocycles. The number of hydrogen-bond acceptors (Lipinski definition) is 4. The van der Waals surface area contributed by atoms with Gasteiger partial charge in [0.2, 0.25) is 0 Å². The fraction of sp³-hybridized carbons (Fsp3) is 0.765. The lowest BCUT2D eigenvalue weighted by molar-refractivity contribution is 0.0830. The third kappa shape index (κ3) is 3.51. The van der Waals surface area contributed by atoms with E-state index in [1.807, 2.05) is 6.07 Å². The first kappa shape index (κ1) is 15.5. The number of amides is 1. The molecule has 1 amide bonds. The van der Waals surface area contributed by atoms with Crippen molar-refractivity contribution in [1.29, 1.82) is 0 Å². The predicted octanol–water partition coefficient (Wildman–Crippen LogP) is 2.70. The Kier molecular flexibility index (Phi) is 4.26. The van der Waals surface area contributed by atoms with E-state index in [1.54, 1.807) is 0 Å². The summed E-state index contributed by atoms with van der Waals surface area (Å²) in [6.45, 7) is 8.64. The number of rotatable bonds is 4. The van der Waals surface area contributed by atoms with Gasteiger partial charge in [-0.3, -0.25) is 4.79 Å². The topological polar surface area (TPSA) is 67.2 Å². The Morgan fingerprint density at radius 2 is 2.00 bits per heavy atom. The van der Waals surface area contributed by atoms with Crippen LogP contribution in [0.5, 0.6) is 0 Å². The van der Waals surface area contributed by atoms with Crippen molar-refractivity contribution in [3.8, 4) is 0 Å². The van der Waals surface area contributed by atoms with Gasteiger partial charge in [-0.15, -0.1) is 0 Å². The van der Waals surface area contributed by atoms with Gasteiger partial charge < -0.3 is 15.2 Å². The molecule has 22 heavy (non-hydrogen) atoms. The van der Waals surface area contributed by atoms with Crippen LogP contribution in [-0.2, 0) is 0 Å². The zero-order valence-electron chi connectivity index (χ0n) is 13.8. The van der Waals surface area contributed by atoms with Crippen LogP contribution in [0.15, 0.2) is 10.6 Å². The van der Waals surface area contributed by atoms with Crippen molar-refractivity contribution >= 4 is 5.91 Å². The second-order valence-electron chi connectivity index (χ2n) is 7.79. The van der Waals surface area contributed by atoms with Crippen molar-refractivity contribution in [2.75, 3.05) is 13.1 Å². The zero-order valence-corrected chi connectivity index (χ0v) is 13.8.